The van der Waals surface area contributed by atoms with Crippen LogP contribution in [0.1, 0.15) is 20.8 Å². The van der Waals surface area contributed by atoms with Gasteiger partial charge in [0.15, 0.2) is 5.60 Å². The molecule has 1 aromatic rings. The minimum atomic E-state index is -1.37. The van der Waals surface area contributed by atoms with Gasteiger partial charge in [0.1, 0.15) is 0 Å². The van der Waals surface area contributed by atoms with Crippen molar-refractivity contribution in [2.75, 3.05) is 4.90 Å². The molecular weight excluding hydrogens is 226 g/mol. The summed E-state index contributed by atoms with van der Waals surface area (Å²) in [4.78, 5) is 13.9. The molecule has 1 aliphatic heterocycles. The second-order valence-electron chi connectivity index (χ2n) is 5.71. The maximum atomic E-state index is 12.3. The molecule has 1 heterocycles. The molecule has 1 N–H and O–H groups in total. The molecule has 1 fully saturated rings. The van der Waals surface area contributed by atoms with Gasteiger partial charge in [-0.1, -0.05) is 45.0 Å². The van der Waals surface area contributed by atoms with Crippen LogP contribution in [0.5, 0.6) is 0 Å². The van der Waals surface area contributed by atoms with Crippen LogP contribution < -0.4 is 4.90 Å². The average molecular weight is 245 g/mol. The van der Waals surface area contributed by atoms with Crippen molar-refractivity contribution < 1.29 is 9.90 Å². The number of amides is 1. The molecule has 0 saturated carbocycles. The third-order valence-electron chi connectivity index (χ3n) is 3.65. The minimum Gasteiger partial charge on any atom is -0.377 e. The third kappa shape index (κ3) is 1.51. The van der Waals surface area contributed by atoms with Gasteiger partial charge in [0.25, 0.3) is 5.91 Å². The van der Waals surface area contributed by atoms with Crippen LogP contribution in [0, 0.1) is 5.41 Å². The number of carbonyl (C=O) groups excluding carboxylic acids is 1. The molecule has 3 nitrogen and oxygen atoms in total. The number of β-lactam (4-membered cyclic amide) rings is 1. The fourth-order valence-electron chi connectivity index (χ4n) is 2.46. The van der Waals surface area contributed by atoms with Crippen LogP contribution in [-0.2, 0) is 4.79 Å². The van der Waals surface area contributed by atoms with Crippen molar-refractivity contribution in [3.8, 4) is 0 Å². The molecule has 2 atom stereocenters. The molecule has 0 aromatic heterocycles. The number of para-hydroxylation sites is 1. The molecule has 1 saturated heterocycles. The first kappa shape index (κ1) is 12.8. The standard InChI is InChI=1S/C15H19NO2/c1-5-12-15(18,14(2,3)4)13(17)16(12)11-9-7-6-8-10-11/h5-10,12,18H,1H2,2-4H3. The fourth-order valence-corrected chi connectivity index (χ4v) is 2.46. The zero-order chi connectivity index (χ0) is 13.6. The number of nitrogens with zero attached hydrogens (tertiary/aromatic N) is 1. The van der Waals surface area contributed by atoms with E-state index in [4.69, 9.17) is 0 Å². The second-order valence-corrected chi connectivity index (χ2v) is 5.71. The van der Waals surface area contributed by atoms with Crippen molar-refractivity contribution >= 4 is 11.6 Å². The fraction of sp³-hybridized carbons (Fsp3) is 0.400. The summed E-state index contributed by atoms with van der Waals surface area (Å²) in [6, 6.07) is 8.97. The maximum Gasteiger partial charge on any atom is 0.262 e. The van der Waals surface area contributed by atoms with Gasteiger partial charge >= 0.3 is 0 Å². The van der Waals surface area contributed by atoms with Gasteiger partial charge in [0.05, 0.1) is 6.04 Å². The van der Waals surface area contributed by atoms with E-state index >= 15 is 0 Å². The van der Waals surface area contributed by atoms with E-state index in [2.05, 4.69) is 6.58 Å². The molecule has 96 valence electrons. The summed E-state index contributed by atoms with van der Waals surface area (Å²) in [6.07, 6.45) is 1.64. The predicted octanol–water partition coefficient (Wildman–Crippen LogP) is 2.37. The zero-order valence-corrected chi connectivity index (χ0v) is 11.1. The van der Waals surface area contributed by atoms with Crippen LogP contribution in [0.15, 0.2) is 43.0 Å². The van der Waals surface area contributed by atoms with Crippen LogP contribution >= 0.6 is 0 Å². The Hall–Kier alpha value is -1.61. The highest BCUT2D eigenvalue weighted by molar-refractivity contribution is 6.09. The van der Waals surface area contributed by atoms with Crippen LogP contribution in [0.4, 0.5) is 5.69 Å². The molecule has 1 aliphatic rings. The SMILES string of the molecule is C=CC1N(c2ccccc2)C(=O)C1(O)C(C)(C)C. The number of hydrogen-bond acceptors (Lipinski definition) is 2. The Morgan fingerprint density at radius 3 is 2.33 bits per heavy atom. The topological polar surface area (TPSA) is 40.5 Å². The van der Waals surface area contributed by atoms with Gasteiger partial charge in [-0.15, -0.1) is 6.58 Å². The van der Waals surface area contributed by atoms with Crippen LogP contribution in [-0.4, -0.2) is 22.7 Å². The van der Waals surface area contributed by atoms with Gasteiger partial charge in [-0.05, 0) is 12.1 Å². The van der Waals surface area contributed by atoms with Crippen molar-refractivity contribution in [1.29, 1.82) is 0 Å². The van der Waals surface area contributed by atoms with Crippen LogP contribution in [0.2, 0.25) is 0 Å². The number of carbonyl (C=O) groups is 1. The van der Waals surface area contributed by atoms with Crippen molar-refractivity contribution in [1.82, 2.24) is 0 Å². The van der Waals surface area contributed by atoms with Crippen LogP contribution in [0.25, 0.3) is 0 Å². The Morgan fingerprint density at radius 1 is 1.33 bits per heavy atom. The molecule has 1 amide bonds. The predicted molar refractivity (Wildman–Crippen MR) is 72.3 cm³/mol. The quantitative estimate of drug-likeness (QED) is 0.642. The molecule has 0 aliphatic carbocycles. The highest BCUT2D eigenvalue weighted by Gasteiger charge is 2.64. The Balaban J connectivity index is 2.40. The molecule has 0 radical (unpaired) electrons. The third-order valence-corrected chi connectivity index (χ3v) is 3.65. The minimum absolute atomic E-state index is 0.258. The van der Waals surface area contributed by atoms with Gasteiger partial charge in [0.2, 0.25) is 0 Å². The van der Waals surface area contributed by atoms with Crippen molar-refractivity contribution in [2.24, 2.45) is 5.41 Å². The normalized spacial score (nSPS) is 27.9. The molecule has 1 aromatic carbocycles. The Morgan fingerprint density at radius 2 is 1.89 bits per heavy atom. The highest BCUT2D eigenvalue weighted by atomic mass is 16.3. The Kier molecular flexibility index (Phi) is 2.82. The van der Waals surface area contributed by atoms with Gasteiger partial charge in [-0.3, -0.25) is 9.69 Å². The molecule has 2 rings (SSSR count). The first-order valence-electron chi connectivity index (χ1n) is 6.07. The van der Waals surface area contributed by atoms with E-state index in [1.807, 2.05) is 51.1 Å². The number of aliphatic hydroxyl groups is 1. The van der Waals surface area contributed by atoms with E-state index in [1.54, 1.807) is 11.0 Å². The highest BCUT2D eigenvalue weighted by Crippen LogP contribution is 2.46. The average Bonchev–Trinajstić information content (AvgIpc) is 2.33. The second kappa shape index (κ2) is 3.95. The van der Waals surface area contributed by atoms with Crippen molar-refractivity contribution in [2.45, 2.75) is 32.4 Å². The van der Waals surface area contributed by atoms with Gasteiger partial charge in [-0.2, -0.15) is 0 Å². The molecule has 3 heteroatoms. The molecular formula is C15H19NO2. The lowest BCUT2D eigenvalue weighted by Crippen LogP contribution is -2.78. The lowest BCUT2D eigenvalue weighted by atomic mass is 9.65. The summed E-state index contributed by atoms with van der Waals surface area (Å²) in [7, 11) is 0. The van der Waals surface area contributed by atoms with E-state index in [0.29, 0.717) is 0 Å². The van der Waals surface area contributed by atoms with E-state index in [0.717, 1.165) is 5.69 Å². The summed E-state index contributed by atoms with van der Waals surface area (Å²) in [5.74, 6) is -0.258. The van der Waals surface area contributed by atoms with E-state index in [9.17, 15) is 9.90 Å². The molecule has 0 bridgehead atoms. The number of anilines is 1. The number of hydrogen-bond donors (Lipinski definition) is 1. The largest absolute Gasteiger partial charge is 0.377 e. The Labute approximate surface area is 108 Å². The van der Waals surface area contributed by atoms with E-state index in [1.165, 1.54) is 0 Å². The number of rotatable bonds is 2. The molecule has 2 unspecified atom stereocenters. The number of benzene rings is 1. The summed E-state index contributed by atoms with van der Waals surface area (Å²) in [5, 5.41) is 10.6. The first-order chi connectivity index (χ1) is 8.34. The van der Waals surface area contributed by atoms with Crippen molar-refractivity contribution in [3.63, 3.8) is 0 Å². The summed E-state index contributed by atoms with van der Waals surface area (Å²) >= 11 is 0. The smallest absolute Gasteiger partial charge is 0.262 e. The molecule has 0 spiro atoms. The summed E-state index contributed by atoms with van der Waals surface area (Å²) < 4.78 is 0. The lowest BCUT2D eigenvalue weighted by Gasteiger charge is -2.57. The van der Waals surface area contributed by atoms with Gasteiger partial charge < -0.3 is 5.11 Å². The van der Waals surface area contributed by atoms with E-state index in [-0.39, 0.29) is 11.9 Å². The van der Waals surface area contributed by atoms with E-state index < -0.39 is 11.0 Å². The first-order valence-corrected chi connectivity index (χ1v) is 6.07. The van der Waals surface area contributed by atoms with Crippen molar-refractivity contribution in [3.05, 3.63) is 43.0 Å². The molecule has 18 heavy (non-hydrogen) atoms. The maximum absolute atomic E-state index is 12.3. The van der Waals surface area contributed by atoms with Gasteiger partial charge in [0, 0.05) is 11.1 Å². The monoisotopic (exact) mass is 245 g/mol. The Bertz CT molecular complexity index is 475. The zero-order valence-electron chi connectivity index (χ0n) is 11.1. The van der Waals surface area contributed by atoms with Gasteiger partial charge in [-0.25, -0.2) is 0 Å². The lowest BCUT2D eigenvalue weighted by molar-refractivity contribution is -0.167. The summed E-state index contributed by atoms with van der Waals surface area (Å²) in [6.45, 7) is 9.34. The van der Waals surface area contributed by atoms with Crippen LogP contribution in [0.3, 0.4) is 0 Å². The summed E-state index contributed by atoms with van der Waals surface area (Å²) in [5.41, 5.74) is -1.10.